The van der Waals surface area contributed by atoms with Crippen molar-refractivity contribution in [2.45, 2.75) is 56.8 Å². The van der Waals surface area contributed by atoms with Crippen molar-refractivity contribution in [3.63, 3.8) is 0 Å². The van der Waals surface area contributed by atoms with Crippen LogP contribution in [0.5, 0.6) is 0 Å². The van der Waals surface area contributed by atoms with Crippen LogP contribution in [0, 0.1) is 0 Å². The lowest BCUT2D eigenvalue weighted by atomic mass is 10.0. The number of rotatable bonds is 3. The van der Waals surface area contributed by atoms with Crippen molar-refractivity contribution in [3.8, 4) is 0 Å². The van der Waals surface area contributed by atoms with Crippen molar-refractivity contribution in [1.82, 2.24) is 0 Å². The molecule has 7 heteroatoms. The zero-order chi connectivity index (χ0) is 13.5. The van der Waals surface area contributed by atoms with Crippen molar-refractivity contribution in [2.75, 3.05) is 7.11 Å². The molecule has 0 amide bonds. The molecule has 104 valence electrons. The van der Waals surface area contributed by atoms with Gasteiger partial charge in [-0.3, -0.25) is 4.79 Å². The van der Waals surface area contributed by atoms with E-state index in [2.05, 4.69) is 4.74 Å². The minimum Gasteiger partial charge on any atom is -0.469 e. The Balaban J connectivity index is 1.97. The molecule has 2 aliphatic heterocycles. The lowest BCUT2D eigenvalue weighted by Gasteiger charge is -2.25. The molecule has 0 aliphatic carbocycles. The molecule has 0 aromatic carbocycles. The van der Waals surface area contributed by atoms with Gasteiger partial charge in [0.1, 0.15) is 18.3 Å². The molecule has 2 rings (SSSR count). The zero-order valence-corrected chi connectivity index (χ0v) is 10.5. The number of esters is 1. The zero-order valence-electron chi connectivity index (χ0n) is 10.5. The predicted octanol–water partition coefficient (Wildman–Crippen LogP) is -0.852. The van der Waals surface area contributed by atoms with Crippen LogP contribution in [0.3, 0.4) is 0 Å². The Bertz CT molecular complexity index is 329. The highest BCUT2D eigenvalue weighted by Crippen LogP contribution is 2.38. The van der Waals surface area contributed by atoms with Crippen LogP contribution in [0.15, 0.2) is 0 Å². The Morgan fingerprint density at radius 3 is 2.67 bits per heavy atom. The summed E-state index contributed by atoms with van der Waals surface area (Å²) in [6.45, 7) is 3.42. The van der Waals surface area contributed by atoms with E-state index in [0.717, 1.165) is 0 Å². The van der Waals surface area contributed by atoms with E-state index in [9.17, 15) is 15.0 Å². The van der Waals surface area contributed by atoms with E-state index in [1.165, 1.54) is 7.11 Å². The molecule has 5 atom stereocenters. The topological polar surface area (TPSA) is 94.5 Å². The van der Waals surface area contributed by atoms with E-state index in [4.69, 9.17) is 14.2 Å². The largest absolute Gasteiger partial charge is 0.469 e. The third-order valence-corrected chi connectivity index (χ3v) is 3.04. The van der Waals surface area contributed by atoms with Gasteiger partial charge in [-0.1, -0.05) is 0 Å². The Hall–Kier alpha value is -0.730. The van der Waals surface area contributed by atoms with Gasteiger partial charge in [-0.15, -0.1) is 0 Å². The summed E-state index contributed by atoms with van der Waals surface area (Å²) < 4.78 is 20.7. The standard InChI is InChI=1S/C11H18O7/c1-11(2)17-9-7(14)8(16-10(9)18-11)5(12)4-6(13)15-3/h5,7-10,12,14H,4H2,1-3H3/t5-,7-,8+,9+,10+/m0/s1. The van der Waals surface area contributed by atoms with Gasteiger partial charge in [0.25, 0.3) is 0 Å². The normalized spacial score (nSPS) is 39.4. The Morgan fingerprint density at radius 1 is 1.44 bits per heavy atom. The van der Waals surface area contributed by atoms with Crippen LogP contribution in [0.1, 0.15) is 20.3 Å². The summed E-state index contributed by atoms with van der Waals surface area (Å²) in [5.74, 6) is -1.40. The van der Waals surface area contributed by atoms with Gasteiger partial charge < -0.3 is 29.2 Å². The molecule has 0 radical (unpaired) electrons. The first-order chi connectivity index (χ1) is 8.34. The first-order valence-electron chi connectivity index (χ1n) is 5.78. The van der Waals surface area contributed by atoms with Crippen LogP contribution in [0.2, 0.25) is 0 Å². The molecule has 2 saturated heterocycles. The Labute approximate surface area is 105 Å². The maximum Gasteiger partial charge on any atom is 0.308 e. The van der Waals surface area contributed by atoms with Gasteiger partial charge in [0.2, 0.25) is 0 Å². The van der Waals surface area contributed by atoms with Crippen molar-refractivity contribution >= 4 is 5.97 Å². The fourth-order valence-corrected chi connectivity index (χ4v) is 2.20. The maximum atomic E-state index is 11.1. The third kappa shape index (κ3) is 2.50. The SMILES string of the molecule is COC(=O)C[C@H](O)[C@H]1O[C@@H]2OC(C)(C)O[C@@H]2[C@H]1O. The van der Waals surface area contributed by atoms with Crippen molar-refractivity contribution < 1.29 is 34.0 Å². The number of aliphatic hydroxyl groups excluding tert-OH is 2. The monoisotopic (exact) mass is 262 g/mol. The maximum absolute atomic E-state index is 11.1. The Morgan fingerprint density at radius 2 is 2.11 bits per heavy atom. The van der Waals surface area contributed by atoms with Crippen LogP contribution in [0.4, 0.5) is 0 Å². The molecule has 2 aliphatic rings. The van der Waals surface area contributed by atoms with Crippen molar-refractivity contribution in [2.24, 2.45) is 0 Å². The Kier molecular flexibility index (Phi) is 3.61. The predicted molar refractivity (Wildman–Crippen MR) is 57.3 cm³/mol. The highest BCUT2D eigenvalue weighted by molar-refractivity contribution is 5.69. The summed E-state index contributed by atoms with van der Waals surface area (Å²) >= 11 is 0. The van der Waals surface area contributed by atoms with Crippen LogP contribution < -0.4 is 0 Å². The first kappa shape index (κ1) is 13.7. The highest BCUT2D eigenvalue weighted by Gasteiger charge is 2.56. The second-order valence-electron chi connectivity index (χ2n) is 4.91. The second-order valence-corrected chi connectivity index (χ2v) is 4.91. The van der Waals surface area contributed by atoms with Gasteiger partial charge in [0.15, 0.2) is 12.1 Å². The minimum atomic E-state index is -1.16. The molecule has 0 spiro atoms. The van der Waals surface area contributed by atoms with E-state index < -0.39 is 42.5 Å². The summed E-state index contributed by atoms with van der Waals surface area (Å²) in [7, 11) is 1.23. The van der Waals surface area contributed by atoms with Gasteiger partial charge in [-0.05, 0) is 13.8 Å². The van der Waals surface area contributed by atoms with Crippen LogP contribution in [-0.4, -0.2) is 59.8 Å². The molecule has 7 nitrogen and oxygen atoms in total. The number of carbonyl (C=O) groups is 1. The molecule has 18 heavy (non-hydrogen) atoms. The van der Waals surface area contributed by atoms with Crippen molar-refractivity contribution in [3.05, 3.63) is 0 Å². The van der Waals surface area contributed by atoms with E-state index in [1.54, 1.807) is 13.8 Å². The molecule has 2 heterocycles. The molecular weight excluding hydrogens is 244 g/mol. The molecule has 2 N–H and O–H groups in total. The van der Waals surface area contributed by atoms with Crippen molar-refractivity contribution in [1.29, 1.82) is 0 Å². The van der Waals surface area contributed by atoms with E-state index >= 15 is 0 Å². The molecule has 0 aromatic rings. The number of fused-ring (bicyclic) bond motifs is 1. The molecule has 0 aromatic heterocycles. The quantitative estimate of drug-likeness (QED) is 0.639. The summed E-state index contributed by atoms with van der Waals surface area (Å²) in [5.41, 5.74) is 0. The molecule has 2 fully saturated rings. The van der Waals surface area contributed by atoms with Gasteiger partial charge in [-0.25, -0.2) is 0 Å². The minimum absolute atomic E-state index is 0.249. The molecule has 0 saturated carbocycles. The third-order valence-electron chi connectivity index (χ3n) is 3.04. The summed E-state index contributed by atoms with van der Waals surface area (Å²) in [4.78, 5) is 11.1. The lowest BCUT2D eigenvalue weighted by molar-refractivity contribution is -0.226. The number of hydrogen-bond donors (Lipinski definition) is 2. The van der Waals surface area contributed by atoms with E-state index in [0.29, 0.717) is 0 Å². The van der Waals surface area contributed by atoms with Gasteiger partial charge in [0, 0.05) is 0 Å². The number of methoxy groups -OCH3 is 1. The lowest BCUT2D eigenvalue weighted by Crippen LogP contribution is -2.41. The fraction of sp³-hybridized carbons (Fsp3) is 0.909. The number of aliphatic hydroxyl groups is 2. The van der Waals surface area contributed by atoms with Gasteiger partial charge in [0.05, 0.1) is 19.6 Å². The average molecular weight is 262 g/mol. The highest BCUT2D eigenvalue weighted by atomic mass is 16.8. The summed E-state index contributed by atoms with van der Waals surface area (Å²) in [5, 5.41) is 19.8. The van der Waals surface area contributed by atoms with Gasteiger partial charge >= 0.3 is 5.97 Å². The van der Waals surface area contributed by atoms with Gasteiger partial charge in [-0.2, -0.15) is 0 Å². The molecule has 0 unspecified atom stereocenters. The van der Waals surface area contributed by atoms with E-state index in [-0.39, 0.29) is 6.42 Å². The van der Waals surface area contributed by atoms with E-state index in [1.807, 2.05) is 0 Å². The smallest absolute Gasteiger partial charge is 0.308 e. The molecular formula is C11H18O7. The fourth-order valence-electron chi connectivity index (χ4n) is 2.20. The number of hydrogen-bond acceptors (Lipinski definition) is 7. The second kappa shape index (κ2) is 4.75. The average Bonchev–Trinajstić information content (AvgIpc) is 2.73. The number of ether oxygens (including phenoxy) is 4. The summed E-state index contributed by atoms with van der Waals surface area (Å²) in [6.07, 6.45) is -4.76. The van der Waals surface area contributed by atoms with Crippen LogP contribution in [0.25, 0.3) is 0 Å². The number of carbonyl (C=O) groups excluding carboxylic acids is 1. The van der Waals surface area contributed by atoms with Crippen LogP contribution in [-0.2, 0) is 23.7 Å². The summed E-state index contributed by atoms with van der Waals surface area (Å²) in [6, 6.07) is 0. The first-order valence-corrected chi connectivity index (χ1v) is 5.78. The molecule has 0 bridgehead atoms. The van der Waals surface area contributed by atoms with Crippen LogP contribution >= 0.6 is 0 Å².